The van der Waals surface area contributed by atoms with Gasteiger partial charge in [-0.1, -0.05) is 0 Å². The number of halogens is 1. The molecule has 2 atom stereocenters. The predicted molar refractivity (Wildman–Crippen MR) is 56.5 cm³/mol. The van der Waals surface area contributed by atoms with Crippen molar-refractivity contribution in [3.05, 3.63) is 18.1 Å². The van der Waals surface area contributed by atoms with Crippen molar-refractivity contribution in [2.75, 3.05) is 18.0 Å². The van der Waals surface area contributed by atoms with E-state index < -0.39 is 6.17 Å². The number of hydrogen-bond acceptors (Lipinski definition) is 4. The van der Waals surface area contributed by atoms with Crippen LogP contribution in [0.3, 0.4) is 0 Å². The van der Waals surface area contributed by atoms with Gasteiger partial charge < -0.3 is 10.6 Å². The van der Waals surface area contributed by atoms with E-state index in [0.717, 1.165) is 5.69 Å². The average Bonchev–Trinajstić information content (AvgIpc) is 2.17. The Hall–Kier alpha value is -1.23. The summed E-state index contributed by atoms with van der Waals surface area (Å²) in [5, 5.41) is 0. The minimum absolute atomic E-state index is 0.114. The lowest BCUT2D eigenvalue weighted by Crippen LogP contribution is -2.48. The third-order valence-electron chi connectivity index (χ3n) is 2.52. The van der Waals surface area contributed by atoms with Crippen LogP contribution in [0.25, 0.3) is 0 Å². The van der Waals surface area contributed by atoms with Gasteiger partial charge in [-0.2, -0.15) is 0 Å². The Kier molecular flexibility index (Phi) is 2.81. The number of piperidine rings is 1. The van der Waals surface area contributed by atoms with Crippen LogP contribution in [0.4, 0.5) is 10.2 Å². The van der Waals surface area contributed by atoms with Gasteiger partial charge in [0.2, 0.25) is 0 Å². The number of aryl methyl sites for hydroxylation is 1. The molecule has 4 nitrogen and oxygen atoms in total. The van der Waals surface area contributed by atoms with Crippen LogP contribution < -0.4 is 10.6 Å². The van der Waals surface area contributed by atoms with Crippen LogP contribution in [0.15, 0.2) is 12.4 Å². The molecule has 5 heteroatoms. The molecule has 1 aliphatic heterocycles. The summed E-state index contributed by atoms with van der Waals surface area (Å²) in [5.74, 6) is 0.707. The fraction of sp³-hybridized carbons (Fsp3) is 0.600. The third-order valence-corrected chi connectivity index (χ3v) is 2.52. The lowest BCUT2D eigenvalue weighted by atomic mass is 10.1. The van der Waals surface area contributed by atoms with Gasteiger partial charge >= 0.3 is 0 Å². The Morgan fingerprint density at radius 1 is 1.40 bits per heavy atom. The highest BCUT2D eigenvalue weighted by Gasteiger charge is 2.25. The van der Waals surface area contributed by atoms with Crippen LogP contribution in [0.5, 0.6) is 0 Å². The molecule has 0 unspecified atom stereocenters. The zero-order valence-electron chi connectivity index (χ0n) is 8.73. The SMILES string of the molecule is Cc1cnc(N2C[C@@H](N)C[C@H](F)C2)cn1. The highest BCUT2D eigenvalue weighted by molar-refractivity contribution is 5.37. The summed E-state index contributed by atoms with van der Waals surface area (Å²) in [6.45, 7) is 2.89. The van der Waals surface area contributed by atoms with E-state index in [1.165, 1.54) is 0 Å². The van der Waals surface area contributed by atoms with E-state index in [1.807, 2.05) is 11.8 Å². The molecule has 15 heavy (non-hydrogen) atoms. The molecular formula is C10H15FN4. The molecular weight excluding hydrogens is 195 g/mol. The van der Waals surface area contributed by atoms with E-state index >= 15 is 0 Å². The monoisotopic (exact) mass is 210 g/mol. The van der Waals surface area contributed by atoms with Crippen LogP contribution in [0.2, 0.25) is 0 Å². The van der Waals surface area contributed by atoms with Gasteiger partial charge in [-0.3, -0.25) is 4.98 Å². The predicted octanol–water partition coefficient (Wildman–Crippen LogP) is 0.661. The van der Waals surface area contributed by atoms with Crippen molar-refractivity contribution in [3.8, 4) is 0 Å². The molecule has 82 valence electrons. The lowest BCUT2D eigenvalue weighted by Gasteiger charge is -2.33. The second-order valence-electron chi connectivity index (χ2n) is 4.01. The molecule has 1 saturated heterocycles. The van der Waals surface area contributed by atoms with Crippen molar-refractivity contribution < 1.29 is 4.39 Å². The first-order valence-electron chi connectivity index (χ1n) is 5.08. The summed E-state index contributed by atoms with van der Waals surface area (Å²) in [6.07, 6.45) is 2.93. The Labute approximate surface area is 88.3 Å². The normalized spacial score (nSPS) is 26.7. The topological polar surface area (TPSA) is 55.0 Å². The van der Waals surface area contributed by atoms with Gasteiger partial charge in [-0.25, -0.2) is 9.37 Å². The zero-order valence-corrected chi connectivity index (χ0v) is 8.73. The molecule has 0 aromatic carbocycles. The molecule has 1 aromatic heterocycles. The van der Waals surface area contributed by atoms with Crippen molar-refractivity contribution in [3.63, 3.8) is 0 Å². The molecule has 0 bridgehead atoms. The average molecular weight is 210 g/mol. The molecule has 1 fully saturated rings. The van der Waals surface area contributed by atoms with Crippen LogP contribution in [-0.4, -0.2) is 35.3 Å². The zero-order chi connectivity index (χ0) is 10.8. The Morgan fingerprint density at radius 3 is 2.80 bits per heavy atom. The number of alkyl halides is 1. The first-order valence-corrected chi connectivity index (χ1v) is 5.08. The van der Waals surface area contributed by atoms with Crippen LogP contribution >= 0.6 is 0 Å². The van der Waals surface area contributed by atoms with Crippen LogP contribution in [0.1, 0.15) is 12.1 Å². The number of anilines is 1. The highest BCUT2D eigenvalue weighted by Crippen LogP contribution is 2.18. The summed E-state index contributed by atoms with van der Waals surface area (Å²) in [5.41, 5.74) is 6.61. The molecule has 2 heterocycles. The van der Waals surface area contributed by atoms with Gasteiger partial charge in [-0.15, -0.1) is 0 Å². The van der Waals surface area contributed by atoms with Gasteiger partial charge in [-0.05, 0) is 13.3 Å². The summed E-state index contributed by atoms with van der Waals surface area (Å²) in [7, 11) is 0. The first-order chi connectivity index (χ1) is 7.15. The molecule has 2 N–H and O–H groups in total. The van der Waals surface area contributed by atoms with Gasteiger partial charge in [0.05, 0.1) is 24.6 Å². The van der Waals surface area contributed by atoms with Crippen LogP contribution in [-0.2, 0) is 0 Å². The second kappa shape index (κ2) is 4.10. The molecule has 0 radical (unpaired) electrons. The molecule has 1 aromatic rings. The smallest absolute Gasteiger partial charge is 0.147 e. The van der Waals surface area contributed by atoms with Crippen molar-refractivity contribution in [2.45, 2.75) is 25.6 Å². The van der Waals surface area contributed by atoms with Gasteiger partial charge in [0.15, 0.2) is 0 Å². The second-order valence-corrected chi connectivity index (χ2v) is 4.01. The summed E-state index contributed by atoms with van der Waals surface area (Å²) in [6, 6.07) is -0.114. The van der Waals surface area contributed by atoms with E-state index in [2.05, 4.69) is 9.97 Å². The Morgan fingerprint density at radius 2 is 2.20 bits per heavy atom. The van der Waals surface area contributed by atoms with Gasteiger partial charge in [0.1, 0.15) is 12.0 Å². The van der Waals surface area contributed by atoms with Gasteiger partial charge in [0.25, 0.3) is 0 Å². The largest absolute Gasteiger partial charge is 0.351 e. The maximum atomic E-state index is 13.3. The van der Waals surface area contributed by atoms with Gasteiger partial charge in [0, 0.05) is 12.6 Å². The van der Waals surface area contributed by atoms with E-state index in [0.29, 0.717) is 25.3 Å². The van der Waals surface area contributed by atoms with Crippen molar-refractivity contribution >= 4 is 5.82 Å². The quantitative estimate of drug-likeness (QED) is 0.740. The van der Waals surface area contributed by atoms with Crippen molar-refractivity contribution in [1.29, 1.82) is 0 Å². The minimum Gasteiger partial charge on any atom is -0.351 e. The molecule has 0 aliphatic carbocycles. The maximum Gasteiger partial charge on any atom is 0.147 e. The number of nitrogens with two attached hydrogens (primary N) is 1. The Bertz CT molecular complexity index is 317. The summed E-state index contributed by atoms with van der Waals surface area (Å²) >= 11 is 0. The summed E-state index contributed by atoms with van der Waals surface area (Å²) < 4.78 is 13.3. The van der Waals surface area contributed by atoms with Crippen LogP contribution in [0, 0.1) is 6.92 Å². The van der Waals surface area contributed by atoms with E-state index in [9.17, 15) is 4.39 Å². The number of aromatic nitrogens is 2. The lowest BCUT2D eigenvalue weighted by molar-refractivity contribution is 0.268. The minimum atomic E-state index is -0.864. The van der Waals surface area contributed by atoms with E-state index in [1.54, 1.807) is 12.4 Å². The molecule has 0 amide bonds. The molecule has 0 spiro atoms. The molecule has 1 aliphatic rings. The number of nitrogens with zero attached hydrogens (tertiary/aromatic N) is 3. The number of hydrogen-bond donors (Lipinski definition) is 1. The summed E-state index contributed by atoms with van der Waals surface area (Å²) in [4.78, 5) is 10.2. The fourth-order valence-electron chi connectivity index (χ4n) is 1.81. The standard InChI is InChI=1S/C10H15FN4/c1-7-3-14-10(4-13-7)15-5-8(11)2-9(12)6-15/h3-4,8-9H,2,5-6,12H2,1H3/t8-,9-/m0/s1. The molecule has 0 saturated carbocycles. The van der Waals surface area contributed by atoms with E-state index in [4.69, 9.17) is 5.73 Å². The van der Waals surface area contributed by atoms with Crippen molar-refractivity contribution in [1.82, 2.24) is 9.97 Å². The maximum absolute atomic E-state index is 13.3. The molecule has 2 rings (SSSR count). The highest BCUT2D eigenvalue weighted by atomic mass is 19.1. The number of rotatable bonds is 1. The Balaban J connectivity index is 2.12. The third kappa shape index (κ3) is 2.41. The van der Waals surface area contributed by atoms with Crippen molar-refractivity contribution in [2.24, 2.45) is 5.73 Å². The first kappa shape index (κ1) is 10.3. The fourth-order valence-corrected chi connectivity index (χ4v) is 1.81. The van der Waals surface area contributed by atoms with E-state index in [-0.39, 0.29) is 6.04 Å².